The van der Waals surface area contributed by atoms with Crippen LogP contribution in [0.15, 0.2) is 42.5 Å². The van der Waals surface area contributed by atoms with Crippen LogP contribution in [0.25, 0.3) is 0 Å². The molecule has 1 amide bonds. The second kappa shape index (κ2) is 6.71. The van der Waals surface area contributed by atoms with E-state index in [-0.39, 0.29) is 18.1 Å². The molecule has 0 bridgehead atoms. The van der Waals surface area contributed by atoms with Crippen LogP contribution in [0.4, 0.5) is 17.1 Å². The Labute approximate surface area is 128 Å². The summed E-state index contributed by atoms with van der Waals surface area (Å²) in [5.41, 5.74) is 2.90. The molecule has 2 N–H and O–H groups in total. The summed E-state index contributed by atoms with van der Waals surface area (Å²) in [5.74, 6) is -0.212. The summed E-state index contributed by atoms with van der Waals surface area (Å²) >= 11 is 0. The molecule has 0 atom stereocenters. The second-order valence-corrected chi connectivity index (χ2v) is 4.98. The van der Waals surface area contributed by atoms with Crippen LogP contribution in [0.1, 0.15) is 11.1 Å². The molecule has 0 aliphatic rings. The van der Waals surface area contributed by atoms with Crippen LogP contribution >= 0.6 is 0 Å². The van der Waals surface area contributed by atoms with Crippen LogP contribution in [0, 0.1) is 24.0 Å². The van der Waals surface area contributed by atoms with Gasteiger partial charge in [-0.15, -0.1) is 0 Å². The van der Waals surface area contributed by atoms with E-state index in [2.05, 4.69) is 10.6 Å². The molecule has 2 aromatic rings. The zero-order valence-electron chi connectivity index (χ0n) is 12.4. The van der Waals surface area contributed by atoms with Crippen LogP contribution in [-0.4, -0.2) is 17.4 Å². The quantitative estimate of drug-likeness (QED) is 0.655. The fourth-order valence-corrected chi connectivity index (χ4v) is 2.12. The highest BCUT2D eigenvalue weighted by atomic mass is 16.6. The monoisotopic (exact) mass is 299 g/mol. The smallest absolute Gasteiger partial charge is 0.274 e. The number of benzene rings is 2. The first-order chi connectivity index (χ1) is 10.5. The lowest BCUT2D eigenvalue weighted by Gasteiger charge is -2.10. The SMILES string of the molecule is Cc1cccc(NC(=O)CNc2cccc([N+](=O)[O-])c2C)c1. The molecule has 2 rings (SSSR count). The number of aryl methyl sites for hydroxylation is 1. The highest BCUT2D eigenvalue weighted by Gasteiger charge is 2.13. The number of rotatable bonds is 5. The maximum Gasteiger partial charge on any atom is 0.274 e. The topological polar surface area (TPSA) is 84.3 Å². The molecular formula is C16H17N3O3. The molecule has 114 valence electrons. The summed E-state index contributed by atoms with van der Waals surface area (Å²) in [7, 11) is 0. The predicted molar refractivity (Wildman–Crippen MR) is 86.1 cm³/mol. The minimum absolute atomic E-state index is 0.0316. The van der Waals surface area contributed by atoms with Crippen molar-refractivity contribution in [1.29, 1.82) is 0 Å². The first kappa shape index (κ1) is 15.5. The van der Waals surface area contributed by atoms with Gasteiger partial charge in [-0.2, -0.15) is 0 Å². The average Bonchev–Trinajstić information content (AvgIpc) is 2.46. The molecule has 22 heavy (non-hydrogen) atoms. The summed E-state index contributed by atoms with van der Waals surface area (Å²) in [6, 6.07) is 12.2. The molecule has 6 heteroatoms. The second-order valence-electron chi connectivity index (χ2n) is 4.98. The molecule has 0 aromatic heterocycles. The van der Waals surface area contributed by atoms with Gasteiger partial charge in [0.2, 0.25) is 5.91 Å². The molecule has 2 aromatic carbocycles. The fourth-order valence-electron chi connectivity index (χ4n) is 2.12. The van der Waals surface area contributed by atoms with Crippen molar-refractivity contribution in [3.63, 3.8) is 0 Å². The van der Waals surface area contributed by atoms with Crippen LogP contribution < -0.4 is 10.6 Å². The predicted octanol–water partition coefficient (Wildman–Crippen LogP) is 3.26. The van der Waals surface area contributed by atoms with Gasteiger partial charge in [-0.05, 0) is 37.6 Å². The van der Waals surface area contributed by atoms with E-state index in [1.165, 1.54) is 6.07 Å². The summed E-state index contributed by atoms with van der Waals surface area (Å²) in [6.07, 6.45) is 0. The molecular weight excluding hydrogens is 282 g/mol. The number of hydrogen-bond donors (Lipinski definition) is 2. The van der Waals surface area contributed by atoms with Gasteiger partial charge in [-0.1, -0.05) is 18.2 Å². The maximum atomic E-state index is 11.9. The number of nitro groups is 1. The Bertz CT molecular complexity index is 714. The van der Waals surface area contributed by atoms with Crippen LogP contribution in [0.3, 0.4) is 0 Å². The van der Waals surface area contributed by atoms with Gasteiger partial charge in [-0.25, -0.2) is 0 Å². The van der Waals surface area contributed by atoms with Crippen molar-refractivity contribution in [2.45, 2.75) is 13.8 Å². The average molecular weight is 299 g/mol. The van der Waals surface area contributed by atoms with Crippen LogP contribution in [-0.2, 0) is 4.79 Å². The summed E-state index contributed by atoms with van der Waals surface area (Å²) < 4.78 is 0. The number of amides is 1. The largest absolute Gasteiger partial charge is 0.376 e. The maximum absolute atomic E-state index is 11.9. The van der Waals surface area contributed by atoms with Gasteiger partial charge in [0.25, 0.3) is 5.69 Å². The lowest BCUT2D eigenvalue weighted by molar-refractivity contribution is -0.385. The van der Waals surface area contributed by atoms with Crippen molar-refractivity contribution in [3.05, 3.63) is 63.7 Å². The van der Waals surface area contributed by atoms with Gasteiger partial charge in [0.1, 0.15) is 0 Å². The van der Waals surface area contributed by atoms with Gasteiger partial charge in [-0.3, -0.25) is 14.9 Å². The number of carbonyl (C=O) groups is 1. The Hall–Kier alpha value is -2.89. The Morgan fingerprint density at radius 2 is 1.91 bits per heavy atom. The molecule has 0 saturated carbocycles. The fraction of sp³-hybridized carbons (Fsp3) is 0.188. The van der Waals surface area contributed by atoms with Crippen LogP contribution in [0.5, 0.6) is 0 Å². The number of anilines is 2. The zero-order valence-corrected chi connectivity index (χ0v) is 12.4. The molecule has 6 nitrogen and oxygen atoms in total. The molecule has 0 fully saturated rings. The van der Waals surface area contributed by atoms with E-state index in [1.54, 1.807) is 19.1 Å². The van der Waals surface area contributed by atoms with Gasteiger partial charge >= 0.3 is 0 Å². The van der Waals surface area contributed by atoms with E-state index in [9.17, 15) is 14.9 Å². The van der Waals surface area contributed by atoms with Crippen molar-refractivity contribution >= 4 is 23.0 Å². The van der Waals surface area contributed by atoms with E-state index in [0.29, 0.717) is 11.3 Å². The third kappa shape index (κ3) is 3.82. The molecule has 0 unspecified atom stereocenters. The molecule has 0 spiro atoms. The Kier molecular flexibility index (Phi) is 4.73. The van der Waals surface area contributed by atoms with Crippen LogP contribution in [0.2, 0.25) is 0 Å². The van der Waals surface area contributed by atoms with Gasteiger partial charge < -0.3 is 10.6 Å². The third-order valence-electron chi connectivity index (χ3n) is 3.24. The van der Waals surface area contributed by atoms with Gasteiger partial charge in [0.05, 0.1) is 11.5 Å². The number of nitrogens with one attached hydrogen (secondary N) is 2. The van der Waals surface area contributed by atoms with Crippen molar-refractivity contribution in [1.82, 2.24) is 0 Å². The van der Waals surface area contributed by atoms with E-state index < -0.39 is 4.92 Å². The third-order valence-corrected chi connectivity index (χ3v) is 3.24. The highest BCUT2D eigenvalue weighted by molar-refractivity contribution is 5.94. The zero-order chi connectivity index (χ0) is 16.1. The standard InChI is InChI=1S/C16H17N3O3/c1-11-5-3-6-13(9-11)18-16(20)10-17-14-7-4-8-15(12(14)2)19(21)22/h3-9,17H,10H2,1-2H3,(H,18,20). The molecule has 0 saturated heterocycles. The Morgan fingerprint density at radius 1 is 1.18 bits per heavy atom. The number of nitrogens with zero attached hydrogens (tertiary/aromatic N) is 1. The van der Waals surface area contributed by atoms with Gasteiger partial charge in [0, 0.05) is 23.0 Å². The van der Waals surface area contributed by atoms with Crippen molar-refractivity contribution < 1.29 is 9.72 Å². The van der Waals surface area contributed by atoms with Crippen molar-refractivity contribution in [2.24, 2.45) is 0 Å². The Morgan fingerprint density at radius 3 is 2.59 bits per heavy atom. The van der Waals surface area contributed by atoms with Gasteiger partial charge in [0.15, 0.2) is 0 Å². The number of nitro benzene ring substituents is 1. The number of hydrogen-bond acceptors (Lipinski definition) is 4. The molecule has 0 heterocycles. The van der Waals surface area contributed by atoms with Crippen molar-refractivity contribution in [2.75, 3.05) is 17.2 Å². The molecule has 0 aliphatic carbocycles. The summed E-state index contributed by atoms with van der Waals surface area (Å²) in [4.78, 5) is 22.4. The minimum Gasteiger partial charge on any atom is -0.376 e. The lowest BCUT2D eigenvalue weighted by Crippen LogP contribution is -2.22. The minimum atomic E-state index is -0.437. The molecule has 0 aliphatic heterocycles. The lowest BCUT2D eigenvalue weighted by atomic mass is 10.1. The summed E-state index contributed by atoms with van der Waals surface area (Å²) in [6.45, 7) is 3.63. The van der Waals surface area contributed by atoms with Crippen molar-refractivity contribution in [3.8, 4) is 0 Å². The number of carbonyl (C=O) groups excluding carboxylic acids is 1. The van der Waals surface area contributed by atoms with E-state index >= 15 is 0 Å². The molecule has 0 radical (unpaired) electrons. The highest BCUT2D eigenvalue weighted by Crippen LogP contribution is 2.24. The van der Waals surface area contributed by atoms with E-state index in [1.807, 2.05) is 31.2 Å². The van der Waals surface area contributed by atoms with E-state index in [4.69, 9.17) is 0 Å². The van der Waals surface area contributed by atoms with E-state index in [0.717, 1.165) is 11.3 Å². The first-order valence-corrected chi connectivity index (χ1v) is 6.82. The first-order valence-electron chi connectivity index (χ1n) is 6.82. The normalized spacial score (nSPS) is 10.1. The Balaban J connectivity index is 2.00. The summed E-state index contributed by atoms with van der Waals surface area (Å²) in [5, 5.41) is 16.6.